The van der Waals surface area contributed by atoms with Crippen molar-refractivity contribution in [2.75, 3.05) is 20.3 Å². The summed E-state index contributed by atoms with van der Waals surface area (Å²) in [6.45, 7) is 3.50. The average molecular weight is 436 g/mol. The van der Waals surface area contributed by atoms with Crippen LogP contribution in [0.3, 0.4) is 0 Å². The molecule has 0 N–H and O–H groups in total. The fraction of sp³-hybridized carbons (Fsp3) is 0.227. The number of nitrogens with zero attached hydrogens (tertiary/aromatic N) is 4. The van der Waals surface area contributed by atoms with Crippen molar-refractivity contribution < 1.29 is 19.1 Å². The second kappa shape index (κ2) is 9.15. The minimum atomic E-state index is -0.483. The minimum absolute atomic E-state index is 0.169. The Balaban J connectivity index is 1.78. The number of amides is 1. The predicted octanol–water partition coefficient (Wildman–Crippen LogP) is 3.21. The highest BCUT2D eigenvalue weighted by Crippen LogP contribution is 2.20. The molecule has 2 aromatic heterocycles. The van der Waals surface area contributed by atoms with Crippen LogP contribution in [0, 0.1) is 0 Å². The lowest BCUT2D eigenvalue weighted by molar-refractivity contribution is 0.0600. The number of carbonyl (C=O) groups excluding carboxylic acids is 2. The lowest BCUT2D eigenvalue weighted by Gasteiger charge is -2.06. The Kier molecular flexibility index (Phi) is 6.15. The zero-order chi connectivity index (χ0) is 21.8. The molecule has 1 amide bonds. The molecule has 0 aliphatic carbocycles. The average Bonchev–Trinajstić information content (AvgIpc) is 3.14. The summed E-state index contributed by atoms with van der Waals surface area (Å²) in [7, 11) is 1.34. The molecule has 31 heavy (non-hydrogen) atoms. The van der Waals surface area contributed by atoms with Crippen molar-refractivity contribution in [3.8, 4) is 0 Å². The number of para-hydroxylation sites is 2. The zero-order valence-electron chi connectivity index (χ0n) is 17.1. The summed E-state index contributed by atoms with van der Waals surface area (Å²) in [5, 5.41) is 0. The lowest BCUT2D eigenvalue weighted by Crippen LogP contribution is -2.20. The maximum absolute atomic E-state index is 12.9. The molecule has 2 heterocycles. The number of ether oxygens (including phenoxy) is 2. The van der Waals surface area contributed by atoms with E-state index in [1.807, 2.05) is 35.8 Å². The Morgan fingerprint density at radius 3 is 2.74 bits per heavy atom. The van der Waals surface area contributed by atoms with E-state index >= 15 is 0 Å². The molecule has 0 saturated carbocycles. The van der Waals surface area contributed by atoms with E-state index in [2.05, 4.69) is 15.0 Å². The van der Waals surface area contributed by atoms with Crippen molar-refractivity contribution >= 4 is 44.5 Å². The van der Waals surface area contributed by atoms with Gasteiger partial charge in [0.2, 0.25) is 0 Å². The number of fused-ring (bicyclic) bond motifs is 2. The summed E-state index contributed by atoms with van der Waals surface area (Å²) < 4.78 is 13.0. The van der Waals surface area contributed by atoms with Crippen molar-refractivity contribution in [2.45, 2.75) is 13.5 Å². The molecule has 0 aliphatic heterocycles. The second-order valence-electron chi connectivity index (χ2n) is 6.57. The van der Waals surface area contributed by atoms with Crippen LogP contribution in [0.5, 0.6) is 0 Å². The van der Waals surface area contributed by atoms with E-state index in [0.717, 1.165) is 10.2 Å². The Morgan fingerprint density at radius 2 is 1.97 bits per heavy atom. The number of rotatable bonds is 6. The van der Waals surface area contributed by atoms with Crippen LogP contribution in [-0.2, 0) is 16.0 Å². The first kappa shape index (κ1) is 20.8. The van der Waals surface area contributed by atoms with Gasteiger partial charge in [-0.05, 0) is 37.3 Å². The largest absolute Gasteiger partial charge is 0.465 e. The van der Waals surface area contributed by atoms with Gasteiger partial charge in [-0.3, -0.25) is 9.78 Å². The molecule has 158 valence electrons. The molecule has 0 spiro atoms. The van der Waals surface area contributed by atoms with Gasteiger partial charge in [0, 0.05) is 13.2 Å². The molecule has 0 atom stereocenters. The number of methoxy groups -OCH3 is 1. The summed E-state index contributed by atoms with van der Waals surface area (Å²) in [4.78, 5) is 38.2. The van der Waals surface area contributed by atoms with E-state index in [1.165, 1.54) is 24.6 Å². The maximum Gasteiger partial charge on any atom is 0.337 e. The Hall–Kier alpha value is -3.43. The summed E-state index contributed by atoms with van der Waals surface area (Å²) in [5.41, 5.74) is 2.80. The van der Waals surface area contributed by atoms with Gasteiger partial charge in [-0.15, -0.1) is 0 Å². The fourth-order valence-corrected chi connectivity index (χ4v) is 4.22. The van der Waals surface area contributed by atoms with Crippen LogP contribution in [0.4, 0.5) is 0 Å². The highest BCUT2D eigenvalue weighted by Gasteiger charge is 2.14. The van der Waals surface area contributed by atoms with Crippen LogP contribution in [0.1, 0.15) is 27.8 Å². The Labute approximate surface area is 181 Å². The fourth-order valence-electron chi connectivity index (χ4n) is 3.12. The number of hydrogen-bond acceptors (Lipinski definition) is 7. The molecule has 0 aliphatic rings. The molecule has 0 saturated heterocycles. The van der Waals surface area contributed by atoms with Crippen molar-refractivity contribution in [3.05, 3.63) is 64.7 Å². The summed E-state index contributed by atoms with van der Waals surface area (Å²) in [6.07, 6.45) is 1.43. The molecule has 0 unspecified atom stereocenters. The number of benzene rings is 2. The van der Waals surface area contributed by atoms with E-state index in [4.69, 9.17) is 9.47 Å². The predicted molar refractivity (Wildman–Crippen MR) is 117 cm³/mol. The third-order valence-electron chi connectivity index (χ3n) is 4.63. The van der Waals surface area contributed by atoms with E-state index < -0.39 is 11.9 Å². The first-order valence-corrected chi connectivity index (χ1v) is 10.5. The number of esters is 1. The molecular weight excluding hydrogens is 416 g/mol. The number of hydrogen-bond donors (Lipinski definition) is 0. The van der Waals surface area contributed by atoms with Crippen LogP contribution >= 0.6 is 11.3 Å². The molecule has 0 bridgehead atoms. The first-order chi connectivity index (χ1) is 15.1. The van der Waals surface area contributed by atoms with E-state index in [0.29, 0.717) is 41.2 Å². The summed E-state index contributed by atoms with van der Waals surface area (Å²) in [6, 6.07) is 12.6. The van der Waals surface area contributed by atoms with Crippen LogP contribution in [-0.4, -0.2) is 46.7 Å². The van der Waals surface area contributed by atoms with E-state index in [9.17, 15) is 9.59 Å². The lowest BCUT2D eigenvalue weighted by atomic mass is 10.2. The summed E-state index contributed by atoms with van der Waals surface area (Å²) >= 11 is 1.31. The van der Waals surface area contributed by atoms with Gasteiger partial charge in [-0.1, -0.05) is 23.5 Å². The van der Waals surface area contributed by atoms with Crippen LogP contribution < -0.4 is 4.80 Å². The topological polar surface area (TPSA) is 95.7 Å². The van der Waals surface area contributed by atoms with Gasteiger partial charge in [-0.25, -0.2) is 9.78 Å². The van der Waals surface area contributed by atoms with Crippen LogP contribution in [0.25, 0.3) is 21.3 Å². The van der Waals surface area contributed by atoms with E-state index in [1.54, 1.807) is 18.2 Å². The van der Waals surface area contributed by atoms with Gasteiger partial charge in [-0.2, -0.15) is 4.99 Å². The second-order valence-corrected chi connectivity index (χ2v) is 7.58. The van der Waals surface area contributed by atoms with Crippen molar-refractivity contribution in [1.29, 1.82) is 0 Å². The van der Waals surface area contributed by atoms with Crippen LogP contribution in [0.15, 0.2) is 53.7 Å². The van der Waals surface area contributed by atoms with Gasteiger partial charge in [0.15, 0.2) is 4.80 Å². The highest BCUT2D eigenvalue weighted by atomic mass is 32.1. The normalized spacial score (nSPS) is 11.9. The van der Waals surface area contributed by atoms with Gasteiger partial charge >= 0.3 is 5.97 Å². The zero-order valence-corrected chi connectivity index (χ0v) is 17.9. The number of aromatic nitrogens is 3. The smallest absolute Gasteiger partial charge is 0.337 e. The minimum Gasteiger partial charge on any atom is -0.465 e. The highest BCUT2D eigenvalue weighted by molar-refractivity contribution is 7.16. The van der Waals surface area contributed by atoms with Gasteiger partial charge in [0.05, 0.1) is 46.7 Å². The number of thiazole rings is 1. The standard InChI is InChI=1S/C22H20N4O4S/c1-3-30-11-10-26-18-9-8-14(21(28)29-2)12-19(18)31-22(26)25-20(27)17-13-23-15-6-4-5-7-16(15)24-17/h4-9,12-13H,3,10-11H2,1-2H3. The first-order valence-electron chi connectivity index (χ1n) is 9.71. The molecule has 0 radical (unpaired) electrons. The van der Waals surface area contributed by atoms with Gasteiger partial charge < -0.3 is 14.0 Å². The van der Waals surface area contributed by atoms with Crippen molar-refractivity contribution in [3.63, 3.8) is 0 Å². The van der Waals surface area contributed by atoms with Crippen molar-refractivity contribution in [1.82, 2.24) is 14.5 Å². The summed E-state index contributed by atoms with van der Waals surface area (Å²) in [5.74, 6) is -0.902. The van der Waals surface area contributed by atoms with Crippen molar-refractivity contribution in [2.24, 2.45) is 4.99 Å². The molecule has 8 nitrogen and oxygen atoms in total. The molecule has 4 rings (SSSR count). The molecule has 2 aromatic carbocycles. The van der Waals surface area contributed by atoms with Gasteiger partial charge in [0.1, 0.15) is 5.69 Å². The molecular formula is C22H20N4O4S. The molecule has 4 aromatic rings. The maximum atomic E-state index is 12.9. The van der Waals surface area contributed by atoms with Crippen LogP contribution in [0.2, 0.25) is 0 Å². The van der Waals surface area contributed by atoms with E-state index in [-0.39, 0.29) is 5.69 Å². The number of carbonyl (C=O) groups is 2. The Morgan fingerprint density at radius 1 is 1.16 bits per heavy atom. The monoisotopic (exact) mass is 436 g/mol. The molecule has 9 heteroatoms. The quantitative estimate of drug-likeness (QED) is 0.340. The SMILES string of the molecule is CCOCCn1c(=NC(=O)c2cnc3ccccc3n2)sc2cc(C(=O)OC)ccc21. The van der Waals surface area contributed by atoms with Gasteiger partial charge in [0.25, 0.3) is 5.91 Å². The third-order valence-corrected chi connectivity index (χ3v) is 5.67. The third kappa shape index (κ3) is 4.37. The molecule has 0 fully saturated rings. The Bertz CT molecular complexity index is 1340.